The fraction of sp³-hybridized carbons (Fsp3) is 0.667. The Hall–Kier alpha value is -0.923. The van der Waals surface area contributed by atoms with Gasteiger partial charge in [-0.3, -0.25) is 0 Å². The molecule has 0 atom stereocenters. The number of benzene rings is 1. The molecule has 0 bridgehead atoms. The lowest BCUT2D eigenvalue weighted by molar-refractivity contribution is 0.0707. The van der Waals surface area contributed by atoms with Crippen molar-refractivity contribution >= 4 is 14.5 Å². The zero-order chi connectivity index (χ0) is 17.7. The Labute approximate surface area is 148 Å². The van der Waals surface area contributed by atoms with Crippen molar-refractivity contribution < 1.29 is 18.0 Å². The third-order valence-electron chi connectivity index (χ3n) is 3.58. The molecule has 0 saturated heterocycles. The van der Waals surface area contributed by atoms with Crippen LogP contribution in [0.15, 0.2) is 30.3 Å². The topological polar surface area (TPSA) is 40.2 Å². The minimum atomic E-state index is -2.56. The minimum Gasteiger partial charge on any atom is -0.374 e. The molecule has 0 aromatic heterocycles. The van der Waals surface area contributed by atoms with Crippen LogP contribution in [-0.4, -0.2) is 48.5 Å². The Morgan fingerprint density at radius 1 is 0.833 bits per heavy atom. The van der Waals surface area contributed by atoms with E-state index in [4.69, 9.17) is 18.0 Å². The third-order valence-corrected chi connectivity index (χ3v) is 6.73. The van der Waals surface area contributed by atoms with Gasteiger partial charge in [-0.25, -0.2) is 0 Å². The molecule has 0 fully saturated rings. The molecule has 0 aliphatic heterocycles. The Balaban J connectivity index is 2.66. The van der Waals surface area contributed by atoms with Gasteiger partial charge >= 0.3 is 8.80 Å². The van der Waals surface area contributed by atoms with Crippen molar-refractivity contribution in [3.63, 3.8) is 0 Å². The van der Waals surface area contributed by atoms with Crippen LogP contribution in [0, 0.1) is 0 Å². The fourth-order valence-electron chi connectivity index (χ4n) is 2.60. The maximum Gasteiger partial charge on any atom is 0.500 e. The second-order valence-electron chi connectivity index (χ2n) is 5.31. The molecule has 1 rings (SSSR count). The molecule has 0 radical (unpaired) electrons. The predicted octanol–water partition coefficient (Wildman–Crippen LogP) is 3.93. The standard InChI is InChI=1S/C18H33NO4Si/c1-5-20-17-19(18-13-10-9-11-14-18)15-12-16-24(21-6-2,22-7-3)23-8-4/h9-11,13-14H,5-8,12,15-17H2,1-4H3. The van der Waals surface area contributed by atoms with Crippen LogP contribution in [0.3, 0.4) is 0 Å². The summed E-state index contributed by atoms with van der Waals surface area (Å²) >= 11 is 0. The highest BCUT2D eigenvalue weighted by Crippen LogP contribution is 2.20. The van der Waals surface area contributed by atoms with Crippen molar-refractivity contribution in [3.05, 3.63) is 30.3 Å². The van der Waals surface area contributed by atoms with Crippen molar-refractivity contribution in [2.45, 2.75) is 40.2 Å². The van der Waals surface area contributed by atoms with E-state index in [0.29, 0.717) is 33.2 Å². The smallest absolute Gasteiger partial charge is 0.374 e. The summed E-state index contributed by atoms with van der Waals surface area (Å²) in [5, 5.41) is 0. The Kier molecular flexibility index (Phi) is 10.9. The van der Waals surface area contributed by atoms with Crippen LogP contribution in [0.2, 0.25) is 6.04 Å². The predicted molar refractivity (Wildman–Crippen MR) is 100 cm³/mol. The molecule has 0 saturated carbocycles. The van der Waals surface area contributed by atoms with E-state index in [9.17, 15) is 0 Å². The number of ether oxygens (including phenoxy) is 1. The van der Waals surface area contributed by atoms with E-state index < -0.39 is 8.80 Å². The summed E-state index contributed by atoms with van der Waals surface area (Å²) < 4.78 is 23.4. The largest absolute Gasteiger partial charge is 0.500 e. The quantitative estimate of drug-likeness (QED) is 0.374. The molecule has 1 aromatic rings. The molecule has 0 amide bonds. The van der Waals surface area contributed by atoms with Crippen LogP contribution in [0.1, 0.15) is 34.1 Å². The Bertz CT molecular complexity index is 402. The summed E-state index contributed by atoms with van der Waals surface area (Å²) in [6.07, 6.45) is 0.939. The fourth-order valence-corrected chi connectivity index (χ4v) is 5.19. The van der Waals surface area contributed by atoms with Crippen molar-refractivity contribution in [2.75, 3.05) is 44.6 Å². The van der Waals surface area contributed by atoms with Gasteiger partial charge in [-0.15, -0.1) is 0 Å². The van der Waals surface area contributed by atoms with Crippen LogP contribution < -0.4 is 4.90 Å². The minimum absolute atomic E-state index is 0.590. The first-order valence-electron chi connectivity index (χ1n) is 9.00. The molecule has 0 aliphatic rings. The van der Waals surface area contributed by atoms with Gasteiger partial charge in [0.05, 0.1) is 0 Å². The van der Waals surface area contributed by atoms with Crippen LogP contribution in [0.5, 0.6) is 0 Å². The number of nitrogens with zero attached hydrogens (tertiary/aromatic N) is 1. The van der Waals surface area contributed by atoms with Gasteiger partial charge in [-0.05, 0) is 46.2 Å². The van der Waals surface area contributed by atoms with E-state index in [-0.39, 0.29) is 0 Å². The average molecular weight is 356 g/mol. The van der Waals surface area contributed by atoms with Crippen molar-refractivity contribution in [3.8, 4) is 0 Å². The van der Waals surface area contributed by atoms with Gasteiger partial charge in [0.25, 0.3) is 0 Å². The highest BCUT2D eigenvalue weighted by atomic mass is 28.4. The van der Waals surface area contributed by atoms with Gasteiger partial charge < -0.3 is 22.9 Å². The number of hydrogen-bond donors (Lipinski definition) is 0. The number of rotatable bonds is 14. The first kappa shape index (κ1) is 21.1. The molecule has 0 unspecified atom stereocenters. The molecule has 0 spiro atoms. The van der Waals surface area contributed by atoms with E-state index in [1.54, 1.807) is 0 Å². The first-order valence-corrected chi connectivity index (χ1v) is 10.9. The zero-order valence-electron chi connectivity index (χ0n) is 15.6. The lowest BCUT2D eigenvalue weighted by Crippen LogP contribution is -2.46. The Morgan fingerprint density at radius 3 is 1.92 bits per heavy atom. The molecule has 1 aromatic carbocycles. The number of para-hydroxylation sites is 1. The third kappa shape index (κ3) is 7.32. The van der Waals surface area contributed by atoms with Crippen molar-refractivity contribution in [2.24, 2.45) is 0 Å². The average Bonchev–Trinajstić information content (AvgIpc) is 2.59. The van der Waals surface area contributed by atoms with E-state index >= 15 is 0 Å². The van der Waals surface area contributed by atoms with Crippen LogP contribution in [-0.2, 0) is 18.0 Å². The maximum atomic E-state index is 5.92. The molecular weight excluding hydrogens is 322 g/mol. The van der Waals surface area contributed by atoms with Gasteiger partial charge in [0, 0.05) is 44.7 Å². The van der Waals surface area contributed by atoms with Gasteiger partial charge in [0.2, 0.25) is 0 Å². The van der Waals surface area contributed by atoms with E-state index in [0.717, 1.165) is 19.0 Å². The number of anilines is 1. The SMILES string of the molecule is CCOCN(CCC[Si](OCC)(OCC)OCC)c1ccccc1. The molecule has 138 valence electrons. The first-order chi connectivity index (χ1) is 11.7. The summed E-state index contributed by atoms with van der Waals surface area (Å²) in [4.78, 5) is 2.24. The van der Waals surface area contributed by atoms with Gasteiger partial charge in [0.1, 0.15) is 6.73 Å². The van der Waals surface area contributed by atoms with Crippen molar-refractivity contribution in [1.82, 2.24) is 0 Å². The summed E-state index contributed by atoms with van der Waals surface area (Å²) in [5.74, 6) is 0. The van der Waals surface area contributed by atoms with Crippen LogP contribution >= 0.6 is 0 Å². The summed E-state index contributed by atoms with van der Waals surface area (Å²) in [5.41, 5.74) is 1.17. The second-order valence-corrected chi connectivity index (χ2v) is 8.04. The van der Waals surface area contributed by atoms with Crippen LogP contribution in [0.4, 0.5) is 5.69 Å². The molecule has 0 heterocycles. The molecule has 0 N–H and O–H groups in total. The summed E-state index contributed by atoms with van der Waals surface area (Å²) in [6, 6.07) is 11.2. The van der Waals surface area contributed by atoms with E-state index in [1.807, 2.05) is 45.9 Å². The van der Waals surface area contributed by atoms with E-state index in [1.165, 1.54) is 5.69 Å². The summed E-state index contributed by atoms with van der Waals surface area (Å²) in [7, 11) is -2.56. The zero-order valence-corrected chi connectivity index (χ0v) is 16.6. The molecule has 6 heteroatoms. The second kappa shape index (κ2) is 12.4. The molecule has 24 heavy (non-hydrogen) atoms. The summed E-state index contributed by atoms with van der Waals surface area (Å²) in [6.45, 7) is 12.0. The highest BCUT2D eigenvalue weighted by molar-refractivity contribution is 6.60. The van der Waals surface area contributed by atoms with Crippen molar-refractivity contribution in [1.29, 1.82) is 0 Å². The molecular formula is C18H33NO4Si. The Morgan fingerprint density at radius 2 is 1.42 bits per heavy atom. The van der Waals surface area contributed by atoms with Crippen LogP contribution in [0.25, 0.3) is 0 Å². The van der Waals surface area contributed by atoms with Gasteiger partial charge in [-0.2, -0.15) is 0 Å². The highest BCUT2D eigenvalue weighted by Gasteiger charge is 2.39. The van der Waals surface area contributed by atoms with E-state index in [2.05, 4.69) is 17.0 Å². The normalized spacial score (nSPS) is 11.7. The lowest BCUT2D eigenvalue weighted by Gasteiger charge is -2.30. The van der Waals surface area contributed by atoms with Gasteiger partial charge in [-0.1, -0.05) is 18.2 Å². The number of hydrogen-bond acceptors (Lipinski definition) is 5. The molecule has 0 aliphatic carbocycles. The van der Waals surface area contributed by atoms with Gasteiger partial charge in [0.15, 0.2) is 0 Å². The molecule has 5 nitrogen and oxygen atoms in total. The lowest BCUT2D eigenvalue weighted by atomic mass is 10.3. The maximum absolute atomic E-state index is 5.92. The monoisotopic (exact) mass is 355 g/mol.